The SMILES string of the molecule is O=C(O)C1CSCCN1C(=O)/C=C/c1ccccc1Cl. The number of thioether (sulfide) groups is 1. The highest BCUT2D eigenvalue weighted by molar-refractivity contribution is 7.99. The number of rotatable bonds is 3. The minimum Gasteiger partial charge on any atom is -0.480 e. The van der Waals surface area contributed by atoms with E-state index in [4.69, 9.17) is 16.7 Å². The second-order valence-electron chi connectivity index (χ2n) is 4.32. The van der Waals surface area contributed by atoms with Gasteiger partial charge in [0.1, 0.15) is 6.04 Å². The number of aliphatic carboxylic acids is 1. The molecule has 1 saturated heterocycles. The molecule has 106 valence electrons. The molecule has 1 heterocycles. The van der Waals surface area contributed by atoms with Gasteiger partial charge in [-0.05, 0) is 17.7 Å². The van der Waals surface area contributed by atoms with Crippen molar-refractivity contribution in [1.29, 1.82) is 0 Å². The summed E-state index contributed by atoms with van der Waals surface area (Å²) in [6.45, 7) is 0.452. The normalized spacial score (nSPS) is 19.2. The van der Waals surface area contributed by atoms with Crippen LogP contribution in [0.4, 0.5) is 0 Å². The molecule has 6 heteroatoms. The molecule has 4 nitrogen and oxygen atoms in total. The van der Waals surface area contributed by atoms with Gasteiger partial charge in [-0.2, -0.15) is 11.8 Å². The minimum absolute atomic E-state index is 0.294. The lowest BCUT2D eigenvalue weighted by molar-refractivity contribution is -0.147. The van der Waals surface area contributed by atoms with Crippen LogP contribution in [0.5, 0.6) is 0 Å². The Morgan fingerprint density at radius 2 is 2.15 bits per heavy atom. The van der Waals surface area contributed by atoms with E-state index in [1.807, 2.05) is 12.1 Å². The molecule has 1 unspecified atom stereocenters. The molecule has 1 aliphatic rings. The van der Waals surface area contributed by atoms with Crippen LogP contribution in [0.15, 0.2) is 30.3 Å². The highest BCUT2D eigenvalue weighted by Crippen LogP contribution is 2.19. The Labute approximate surface area is 126 Å². The molecular formula is C14H14ClNO3S. The third-order valence-corrected chi connectivity index (χ3v) is 4.37. The van der Waals surface area contributed by atoms with Crippen LogP contribution in [0.25, 0.3) is 6.08 Å². The van der Waals surface area contributed by atoms with E-state index in [0.29, 0.717) is 17.3 Å². The highest BCUT2D eigenvalue weighted by atomic mass is 35.5. The molecule has 20 heavy (non-hydrogen) atoms. The van der Waals surface area contributed by atoms with Crippen molar-refractivity contribution >= 4 is 41.3 Å². The summed E-state index contributed by atoms with van der Waals surface area (Å²) >= 11 is 7.55. The molecule has 1 aliphatic heterocycles. The average Bonchev–Trinajstić information content (AvgIpc) is 2.46. The van der Waals surface area contributed by atoms with Gasteiger partial charge in [0.25, 0.3) is 0 Å². The van der Waals surface area contributed by atoms with Crippen molar-refractivity contribution in [3.8, 4) is 0 Å². The van der Waals surface area contributed by atoms with Crippen molar-refractivity contribution in [2.75, 3.05) is 18.1 Å². The van der Waals surface area contributed by atoms with Crippen molar-refractivity contribution in [2.45, 2.75) is 6.04 Å². The minimum atomic E-state index is -0.961. The Morgan fingerprint density at radius 1 is 1.40 bits per heavy atom. The molecule has 1 atom stereocenters. The zero-order chi connectivity index (χ0) is 14.5. The van der Waals surface area contributed by atoms with E-state index in [1.165, 1.54) is 11.0 Å². The fourth-order valence-electron chi connectivity index (χ4n) is 1.94. The number of amides is 1. The molecule has 0 aromatic heterocycles. The lowest BCUT2D eigenvalue weighted by atomic mass is 10.2. The van der Waals surface area contributed by atoms with Crippen LogP contribution in [0.1, 0.15) is 5.56 Å². The Bertz CT molecular complexity index is 547. The Kier molecular flexibility index (Phi) is 5.09. The molecule has 1 aromatic rings. The molecule has 0 saturated carbocycles. The van der Waals surface area contributed by atoms with Gasteiger partial charge in [0, 0.05) is 29.1 Å². The van der Waals surface area contributed by atoms with Crippen molar-refractivity contribution in [2.24, 2.45) is 0 Å². The van der Waals surface area contributed by atoms with Crippen LogP contribution in [-0.2, 0) is 9.59 Å². The van der Waals surface area contributed by atoms with Gasteiger partial charge < -0.3 is 10.0 Å². The molecule has 2 rings (SSSR count). The topological polar surface area (TPSA) is 57.6 Å². The van der Waals surface area contributed by atoms with Crippen molar-refractivity contribution in [3.05, 3.63) is 40.9 Å². The standard InChI is InChI=1S/C14H14ClNO3S/c15-11-4-2-1-3-10(11)5-6-13(17)16-7-8-20-9-12(16)14(18)19/h1-6,12H,7-9H2,(H,18,19)/b6-5+. The first kappa shape index (κ1) is 14.9. The van der Waals surface area contributed by atoms with Crippen molar-refractivity contribution < 1.29 is 14.7 Å². The summed E-state index contributed by atoms with van der Waals surface area (Å²) in [5.41, 5.74) is 0.737. The third kappa shape index (κ3) is 3.55. The van der Waals surface area contributed by atoms with E-state index in [9.17, 15) is 9.59 Å². The number of nitrogens with zero attached hydrogens (tertiary/aromatic N) is 1. The molecule has 1 N–H and O–H groups in total. The van der Waals surface area contributed by atoms with Gasteiger partial charge in [0.05, 0.1) is 0 Å². The lowest BCUT2D eigenvalue weighted by Gasteiger charge is -2.31. The summed E-state index contributed by atoms with van der Waals surface area (Å²) < 4.78 is 0. The van der Waals surface area contributed by atoms with Gasteiger partial charge in [-0.1, -0.05) is 29.8 Å². The zero-order valence-electron chi connectivity index (χ0n) is 10.7. The second-order valence-corrected chi connectivity index (χ2v) is 5.87. The predicted molar refractivity (Wildman–Crippen MR) is 80.9 cm³/mol. The van der Waals surface area contributed by atoms with Gasteiger partial charge >= 0.3 is 5.97 Å². The largest absolute Gasteiger partial charge is 0.480 e. The van der Waals surface area contributed by atoms with Gasteiger partial charge in [-0.3, -0.25) is 4.79 Å². The number of halogens is 1. The van der Waals surface area contributed by atoms with E-state index >= 15 is 0 Å². The molecule has 0 bridgehead atoms. The summed E-state index contributed by atoms with van der Waals surface area (Å²) in [4.78, 5) is 24.7. The summed E-state index contributed by atoms with van der Waals surface area (Å²) in [6, 6.07) is 6.42. The van der Waals surface area contributed by atoms with E-state index < -0.39 is 12.0 Å². The fourth-order valence-corrected chi connectivity index (χ4v) is 3.18. The molecule has 1 amide bonds. The summed E-state index contributed by atoms with van der Waals surface area (Å²) in [5, 5.41) is 9.69. The maximum absolute atomic E-state index is 12.1. The molecule has 1 aromatic carbocycles. The second kappa shape index (κ2) is 6.81. The molecule has 0 aliphatic carbocycles. The number of hydrogen-bond donors (Lipinski definition) is 1. The summed E-state index contributed by atoms with van der Waals surface area (Å²) in [7, 11) is 0. The fraction of sp³-hybridized carbons (Fsp3) is 0.286. The third-order valence-electron chi connectivity index (χ3n) is 3.01. The van der Waals surface area contributed by atoms with Gasteiger partial charge in [-0.15, -0.1) is 0 Å². The number of carboxylic acid groups (broad SMARTS) is 1. The van der Waals surface area contributed by atoms with Gasteiger partial charge in [0.15, 0.2) is 0 Å². The quantitative estimate of drug-likeness (QED) is 0.871. The van der Waals surface area contributed by atoms with Crippen molar-refractivity contribution in [3.63, 3.8) is 0 Å². The first-order chi connectivity index (χ1) is 9.59. The maximum Gasteiger partial charge on any atom is 0.327 e. The first-order valence-corrected chi connectivity index (χ1v) is 7.66. The molecular weight excluding hydrogens is 298 g/mol. The first-order valence-electron chi connectivity index (χ1n) is 6.13. The van der Waals surface area contributed by atoms with Crippen LogP contribution in [0.2, 0.25) is 5.02 Å². The molecule has 0 radical (unpaired) electrons. The van der Waals surface area contributed by atoms with E-state index in [-0.39, 0.29) is 5.91 Å². The summed E-state index contributed by atoms with van der Waals surface area (Å²) in [5.74, 6) is -0.0643. The van der Waals surface area contributed by atoms with Gasteiger partial charge in [-0.25, -0.2) is 4.79 Å². The Morgan fingerprint density at radius 3 is 2.85 bits per heavy atom. The zero-order valence-corrected chi connectivity index (χ0v) is 12.2. The maximum atomic E-state index is 12.1. The number of carbonyl (C=O) groups excluding carboxylic acids is 1. The van der Waals surface area contributed by atoms with Crippen LogP contribution >= 0.6 is 23.4 Å². The van der Waals surface area contributed by atoms with E-state index in [0.717, 1.165) is 11.3 Å². The van der Waals surface area contributed by atoms with Crippen LogP contribution in [-0.4, -0.2) is 46.0 Å². The Balaban J connectivity index is 2.10. The monoisotopic (exact) mass is 311 g/mol. The number of carbonyl (C=O) groups is 2. The average molecular weight is 312 g/mol. The molecule has 0 spiro atoms. The van der Waals surface area contributed by atoms with E-state index in [2.05, 4.69) is 0 Å². The number of carboxylic acids is 1. The smallest absolute Gasteiger partial charge is 0.327 e. The molecule has 1 fully saturated rings. The lowest BCUT2D eigenvalue weighted by Crippen LogP contribution is -2.49. The number of hydrogen-bond acceptors (Lipinski definition) is 3. The number of benzene rings is 1. The highest BCUT2D eigenvalue weighted by Gasteiger charge is 2.31. The van der Waals surface area contributed by atoms with E-state index in [1.54, 1.807) is 30.0 Å². The van der Waals surface area contributed by atoms with Crippen molar-refractivity contribution in [1.82, 2.24) is 4.90 Å². The predicted octanol–water partition coefficient (Wildman–Crippen LogP) is 2.38. The van der Waals surface area contributed by atoms with Gasteiger partial charge in [0.2, 0.25) is 5.91 Å². The van der Waals surface area contributed by atoms with Crippen LogP contribution in [0, 0.1) is 0 Å². The van der Waals surface area contributed by atoms with Crippen LogP contribution < -0.4 is 0 Å². The summed E-state index contributed by atoms with van der Waals surface area (Å²) in [6.07, 6.45) is 3.00. The van der Waals surface area contributed by atoms with Crippen LogP contribution in [0.3, 0.4) is 0 Å². The Hall–Kier alpha value is -1.46.